The number of fused-ring (bicyclic) bond motifs is 1. The van der Waals surface area contributed by atoms with Gasteiger partial charge in [-0.1, -0.05) is 25.3 Å². The van der Waals surface area contributed by atoms with Gasteiger partial charge >= 0.3 is 0 Å². The molecule has 2 aliphatic heterocycles. The minimum absolute atomic E-state index is 0.678. The van der Waals surface area contributed by atoms with Crippen LogP contribution in [0.3, 0.4) is 0 Å². The lowest BCUT2D eigenvalue weighted by atomic mass is 9.90. The van der Waals surface area contributed by atoms with Gasteiger partial charge < -0.3 is 15.0 Å². The smallest absolute Gasteiger partial charge is 0.149 e. The highest BCUT2D eigenvalue weighted by Crippen LogP contribution is 2.36. The van der Waals surface area contributed by atoms with Crippen molar-refractivity contribution in [3.63, 3.8) is 0 Å². The average molecular weight is 382 g/mol. The largest absolute Gasteiger partial charge is 0.378 e. The zero-order valence-electron chi connectivity index (χ0n) is 16.8. The summed E-state index contributed by atoms with van der Waals surface area (Å²) in [4.78, 5) is 9.79. The number of aromatic nitrogens is 1. The Hall–Kier alpha value is -2.10. The predicted molar refractivity (Wildman–Crippen MR) is 112 cm³/mol. The molecule has 3 aliphatic rings. The summed E-state index contributed by atoms with van der Waals surface area (Å²) in [5.41, 5.74) is 3.18. The fourth-order valence-electron chi connectivity index (χ4n) is 4.84. The van der Waals surface area contributed by atoms with Gasteiger partial charge in [-0.3, -0.25) is 4.90 Å². The third kappa shape index (κ3) is 3.87. The Bertz CT molecular complexity index is 744. The Balaban J connectivity index is 1.69. The molecule has 0 spiro atoms. The highest BCUT2D eigenvalue weighted by molar-refractivity contribution is 5.67. The quantitative estimate of drug-likeness (QED) is 0.791. The minimum atomic E-state index is 0.678. The lowest BCUT2D eigenvalue weighted by Crippen LogP contribution is -2.42. The van der Waals surface area contributed by atoms with Crippen LogP contribution in [0.1, 0.15) is 48.8 Å². The lowest BCUT2D eigenvalue weighted by Gasteiger charge is -2.39. The number of hydrogen-bond acceptors (Lipinski definition) is 6. The highest BCUT2D eigenvalue weighted by atomic mass is 16.5. The molecule has 6 nitrogen and oxygen atoms in total. The standard InChI is InChI=1S/C22H31N5O/c1-2-9-24-21-20-16-27(17-6-4-3-5-7-17)10-8-18(20)19(15-23)22(25-21)26-11-13-28-14-12-26/h2,17H,1,3-14,16H2,(H,24,25). The second kappa shape index (κ2) is 8.93. The van der Waals surface area contributed by atoms with Gasteiger partial charge in [0.2, 0.25) is 0 Å². The van der Waals surface area contributed by atoms with Gasteiger partial charge in [0.05, 0.1) is 18.8 Å². The van der Waals surface area contributed by atoms with Crippen LogP contribution in [0.2, 0.25) is 0 Å². The molecule has 0 amide bonds. The molecule has 0 unspecified atom stereocenters. The first-order chi connectivity index (χ1) is 13.8. The molecule has 2 fully saturated rings. The van der Waals surface area contributed by atoms with Crippen LogP contribution in [-0.2, 0) is 17.7 Å². The fourth-order valence-corrected chi connectivity index (χ4v) is 4.84. The van der Waals surface area contributed by atoms with Crippen molar-refractivity contribution in [3.8, 4) is 6.07 Å². The summed E-state index contributed by atoms with van der Waals surface area (Å²) in [6.07, 6.45) is 9.45. The van der Waals surface area contributed by atoms with Crippen molar-refractivity contribution in [3.05, 3.63) is 29.3 Å². The molecule has 1 aliphatic carbocycles. The van der Waals surface area contributed by atoms with E-state index in [2.05, 4.69) is 27.8 Å². The molecule has 1 saturated carbocycles. The van der Waals surface area contributed by atoms with Crippen molar-refractivity contribution in [2.45, 2.75) is 51.1 Å². The molecule has 1 N–H and O–H groups in total. The van der Waals surface area contributed by atoms with Gasteiger partial charge in [-0.15, -0.1) is 6.58 Å². The second-order valence-electron chi connectivity index (χ2n) is 8.01. The normalized spacial score (nSPS) is 21.0. The molecule has 28 heavy (non-hydrogen) atoms. The van der Waals surface area contributed by atoms with Gasteiger partial charge in [-0.2, -0.15) is 5.26 Å². The highest BCUT2D eigenvalue weighted by Gasteiger charge is 2.31. The average Bonchev–Trinajstić information content (AvgIpc) is 2.77. The SMILES string of the molecule is C=CCNc1nc(N2CCOCC2)c(C#N)c2c1CN(C1CCCCC1)CC2. The van der Waals surface area contributed by atoms with Crippen molar-refractivity contribution in [2.24, 2.45) is 0 Å². The first-order valence-corrected chi connectivity index (χ1v) is 10.7. The van der Waals surface area contributed by atoms with E-state index in [1.54, 1.807) is 0 Å². The van der Waals surface area contributed by atoms with E-state index in [0.717, 1.165) is 49.8 Å². The summed E-state index contributed by atoms with van der Waals surface area (Å²) < 4.78 is 5.50. The fraction of sp³-hybridized carbons (Fsp3) is 0.636. The Morgan fingerprint density at radius 3 is 2.68 bits per heavy atom. The van der Waals surface area contributed by atoms with Gasteiger partial charge in [-0.25, -0.2) is 4.98 Å². The van der Waals surface area contributed by atoms with Crippen LogP contribution in [0.5, 0.6) is 0 Å². The van der Waals surface area contributed by atoms with Gasteiger partial charge in [0.25, 0.3) is 0 Å². The summed E-state index contributed by atoms with van der Waals surface area (Å²) in [7, 11) is 0. The van der Waals surface area contributed by atoms with E-state index >= 15 is 0 Å². The first-order valence-electron chi connectivity index (χ1n) is 10.7. The maximum Gasteiger partial charge on any atom is 0.149 e. The van der Waals surface area contributed by atoms with Gasteiger partial charge in [0, 0.05) is 44.3 Å². The number of nitriles is 1. The molecular formula is C22H31N5O. The van der Waals surface area contributed by atoms with Crippen LogP contribution >= 0.6 is 0 Å². The summed E-state index contributed by atoms with van der Waals surface area (Å²) in [6.45, 7) is 9.41. The summed E-state index contributed by atoms with van der Waals surface area (Å²) >= 11 is 0. The van der Waals surface area contributed by atoms with Crippen molar-refractivity contribution in [1.82, 2.24) is 9.88 Å². The van der Waals surface area contributed by atoms with Crippen molar-refractivity contribution < 1.29 is 4.74 Å². The molecule has 1 aromatic rings. The van der Waals surface area contributed by atoms with E-state index in [0.29, 0.717) is 25.8 Å². The number of nitrogens with one attached hydrogen (secondary N) is 1. The van der Waals surface area contributed by atoms with E-state index in [9.17, 15) is 5.26 Å². The van der Waals surface area contributed by atoms with Crippen LogP contribution in [0.15, 0.2) is 12.7 Å². The predicted octanol–water partition coefficient (Wildman–Crippen LogP) is 3.08. The van der Waals surface area contributed by atoms with Crippen molar-refractivity contribution in [1.29, 1.82) is 5.26 Å². The second-order valence-corrected chi connectivity index (χ2v) is 8.01. The third-order valence-corrected chi connectivity index (χ3v) is 6.33. The molecule has 0 radical (unpaired) electrons. The molecule has 150 valence electrons. The Kier molecular flexibility index (Phi) is 6.13. The summed E-state index contributed by atoms with van der Waals surface area (Å²) in [5.74, 6) is 1.75. The van der Waals surface area contributed by atoms with Gasteiger partial charge in [-0.05, 0) is 24.8 Å². The van der Waals surface area contributed by atoms with Gasteiger partial charge in [0.1, 0.15) is 17.7 Å². The molecule has 3 heterocycles. The van der Waals surface area contributed by atoms with E-state index in [1.165, 1.54) is 43.2 Å². The first kappa shape index (κ1) is 19.2. The zero-order valence-corrected chi connectivity index (χ0v) is 16.8. The molecule has 1 saturated heterocycles. The van der Waals surface area contributed by atoms with Crippen LogP contribution < -0.4 is 10.2 Å². The number of nitrogens with zero attached hydrogens (tertiary/aromatic N) is 4. The van der Waals surface area contributed by atoms with Crippen LogP contribution in [0, 0.1) is 11.3 Å². The maximum atomic E-state index is 9.99. The molecule has 6 heteroatoms. The zero-order chi connectivity index (χ0) is 19.3. The topological polar surface area (TPSA) is 64.4 Å². The molecule has 0 atom stereocenters. The van der Waals surface area contributed by atoms with Crippen LogP contribution in [0.4, 0.5) is 11.6 Å². The Morgan fingerprint density at radius 2 is 1.96 bits per heavy atom. The van der Waals surface area contributed by atoms with E-state index in [1.807, 2.05) is 6.08 Å². The van der Waals surface area contributed by atoms with E-state index < -0.39 is 0 Å². The van der Waals surface area contributed by atoms with Gasteiger partial charge in [0.15, 0.2) is 0 Å². The number of hydrogen-bond donors (Lipinski definition) is 1. The molecule has 4 rings (SSSR count). The summed E-state index contributed by atoms with van der Waals surface area (Å²) in [6, 6.07) is 3.17. The molecule has 0 bridgehead atoms. The Labute approximate surface area is 168 Å². The van der Waals surface area contributed by atoms with E-state index in [4.69, 9.17) is 9.72 Å². The van der Waals surface area contributed by atoms with Crippen LogP contribution in [-0.4, -0.2) is 55.3 Å². The molecule has 1 aromatic heterocycles. The van der Waals surface area contributed by atoms with E-state index in [-0.39, 0.29) is 0 Å². The van der Waals surface area contributed by atoms with Crippen molar-refractivity contribution in [2.75, 3.05) is 49.6 Å². The number of anilines is 2. The number of pyridine rings is 1. The maximum absolute atomic E-state index is 9.99. The third-order valence-electron chi connectivity index (χ3n) is 6.33. The van der Waals surface area contributed by atoms with Crippen LogP contribution in [0.25, 0.3) is 0 Å². The number of rotatable bonds is 5. The lowest BCUT2D eigenvalue weighted by molar-refractivity contribution is 0.122. The van der Waals surface area contributed by atoms with Crippen molar-refractivity contribution >= 4 is 11.6 Å². The minimum Gasteiger partial charge on any atom is -0.378 e. The molecular weight excluding hydrogens is 350 g/mol. The number of ether oxygens (including phenoxy) is 1. The molecule has 0 aromatic carbocycles. The number of morpholine rings is 1. The monoisotopic (exact) mass is 381 g/mol. The Morgan fingerprint density at radius 1 is 1.18 bits per heavy atom. The summed E-state index contributed by atoms with van der Waals surface area (Å²) in [5, 5.41) is 13.4.